The number of ether oxygens (including phenoxy) is 1. The van der Waals surface area contributed by atoms with Crippen LogP contribution in [0.2, 0.25) is 0 Å². The van der Waals surface area contributed by atoms with Crippen molar-refractivity contribution in [1.29, 1.82) is 5.26 Å². The SMILES string of the molecule is C=CCOC(=O)/C(C#N)=c1\sc(=Cc2cccc(O)c2)c(=O)n1CC. The van der Waals surface area contributed by atoms with Crippen molar-refractivity contribution in [2.24, 2.45) is 0 Å². The molecule has 0 bridgehead atoms. The number of phenolic OH excluding ortho intramolecular Hbond substituents is 1. The van der Waals surface area contributed by atoms with Gasteiger partial charge in [0.15, 0.2) is 5.57 Å². The summed E-state index contributed by atoms with van der Waals surface area (Å²) in [7, 11) is 0. The van der Waals surface area contributed by atoms with Gasteiger partial charge in [0.25, 0.3) is 5.56 Å². The molecule has 1 aromatic heterocycles. The Morgan fingerprint density at radius 2 is 2.28 bits per heavy atom. The van der Waals surface area contributed by atoms with Crippen LogP contribution in [-0.2, 0) is 16.1 Å². The molecule has 7 heteroatoms. The van der Waals surface area contributed by atoms with Crippen LogP contribution in [0.4, 0.5) is 0 Å². The van der Waals surface area contributed by atoms with Crippen LogP contribution >= 0.6 is 11.3 Å². The van der Waals surface area contributed by atoms with Crippen molar-refractivity contribution in [2.45, 2.75) is 13.5 Å². The van der Waals surface area contributed by atoms with Crippen LogP contribution in [0.25, 0.3) is 11.6 Å². The van der Waals surface area contributed by atoms with Crippen LogP contribution in [0.15, 0.2) is 41.7 Å². The van der Waals surface area contributed by atoms with E-state index in [4.69, 9.17) is 4.74 Å². The number of hydrogen-bond donors (Lipinski definition) is 1. The van der Waals surface area contributed by atoms with E-state index in [0.717, 1.165) is 11.3 Å². The van der Waals surface area contributed by atoms with Crippen LogP contribution in [-0.4, -0.2) is 22.2 Å². The highest BCUT2D eigenvalue weighted by atomic mass is 32.1. The molecule has 0 fully saturated rings. The van der Waals surface area contributed by atoms with Gasteiger partial charge in [-0.25, -0.2) is 4.79 Å². The summed E-state index contributed by atoms with van der Waals surface area (Å²) in [5.41, 5.74) is 0.109. The Morgan fingerprint density at radius 3 is 2.88 bits per heavy atom. The standard InChI is InChI=1S/C18H16N2O4S/c1-3-8-24-18(23)14(11-19)17-20(4-2)16(22)15(25-17)10-12-6-5-7-13(21)9-12/h3,5-7,9-10,21H,1,4,8H2,2H3/b15-10?,17-14-. The summed E-state index contributed by atoms with van der Waals surface area (Å²) in [6.45, 7) is 5.48. The van der Waals surface area contributed by atoms with E-state index in [2.05, 4.69) is 6.58 Å². The van der Waals surface area contributed by atoms with Crippen molar-refractivity contribution in [3.8, 4) is 11.8 Å². The zero-order valence-electron chi connectivity index (χ0n) is 13.6. The van der Waals surface area contributed by atoms with E-state index in [-0.39, 0.29) is 28.2 Å². The Kier molecular flexibility index (Phi) is 5.93. The summed E-state index contributed by atoms with van der Waals surface area (Å²) in [6, 6.07) is 8.26. The first-order chi connectivity index (χ1) is 12.0. The molecule has 0 aliphatic carbocycles. The van der Waals surface area contributed by atoms with Crippen molar-refractivity contribution in [1.82, 2.24) is 4.57 Å². The number of benzene rings is 1. The minimum atomic E-state index is -0.797. The number of phenols is 1. The second-order valence-corrected chi connectivity index (χ2v) is 5.96. The third kappa shape index (κ3) is 4.05. The third-order valence-corrected chi connectivity index (χ3v) is 4.38. The lowest BCUT2D eigenvalue weighted by Crippen LogP contribution is -2.32. The fourth-order valence-electron chi connectivity index (χ4n) is 2.15. The predicted octanol–water partition coefficient (Wildman–Crippen LogP) is 0.868. The Morgan fingerprint density at radius 1 is 1.52 bits per heavy atom. The Labute approximate surface area is 147 Å². The number of carbonyl (C=O) groups is 1. The number of nitriles is 1. The van der Waals surface area contributed by atoms with Gasteiger partial charge in [0.2, 0.25) is 0 Å². The first-order valence-electron chi connectivity index (χ1n) is 7.44. The zero-order chi connectivity index (χ0) is 18.4. The van der Waals surface area contributed by atoms with Gasteiger partial charge in [0.1, 0.15) is 23.1 Å². The molecule has 0 aliphatic rings. The fraction of sp³-hybridized carbons (Fsp3) is 0.167. The number of thiazole rings is 1. The molecule has 1 aromatic carbocycles. The van der Waals surface area contributed by atoms with Crippen LogP contribution in [0.3, 0.4) is 0 Å². The highest BCUT2D eigenvalue weighted by molar-refractivity contribution is 7.07. The molecule has 0 saturated carbocycles. The van der Waals surface area contributed by atoms with E-state index >= 15 is 0 Å². The molecule has 0 radical (unpaired) electrons. The van der Waals surface area contributed by atoms with Gasteiger partial charge in [-0.3, -0.25) is 9.36 Å². The highest BCUT2D eigenvalue weighted by Crippen LogP contribution is 2.11. The van der Waals surface area contributed by atoms with E-state index in [1.807, 2.05) is 6.07 Å². The summed E-state index contributed by atoms with van der Waals surface area (Å²) in [4.78, 5) is 24.6. The van der Waals surface area contributed by atoms with E-state index in [1.54, 1.807) is 25.1 Å². The van der Waals surface area contributed by atoms with Gasteiger partial charge in [-0.1, -0.05) is 24.8 Å². The summed E-state index contributed by atoms with van der Waals surface area (Å²) < 4.78 is 6.87. The van der Waals surface area contributed by atoms with Gasteiger partial charge < -0.3 is 9.84 Å². The van der Waals surface area contributed by atoms with Crippen molar-refractivity contribution in [3.05, 3.63) is 62.0 Å². The normalized spacial score (nSPS) is 12.4. The van der Waals surface area contributed by atoms with Crippen molar-refractivity contribution < 1.29 is 14.6 Å². The molecule has 0 saturated heterocycles. The number of carbonyl (C=O) groups excluding carboxylic acids is 1. The summed E-state index contributed by atoms with van der Waals surface area (Å²) in [6.07, 6.45) is 3.00. The van der Waals surface area contributed by atoms with Crippen LogP contribution in [0.1, 0.15) is 12.5 Å². The number of hydrogen-bond acceptors (Lipinski definition) is 6. The number of rotatable bonds is 5. The molecule has 6 nitrogen and oxygen atoms in total. The second kappa shape index (κ2) is 8.13. The van der Waals surface area contributed by atoms with E-state index in [9.17, 15) is 20.0 Å². The van der Waals surface area contributed by atoms with Gasteiger partial charge in [-0.05, 0) is 30.7 Å². The lowest BCUT2D eigenvalue weighted by atomic mass is 10.2. The first-order valence-corrected chi connectivity index (χ1v) is 8.26. The molecule has 1 N–H and O–H groups in total. The second-order valence-electron chi connectivity index (χ2n) is 4.93. The lowest BCUT2D eigenvalue weighted by Gasteiger charge is -2.00. The highest BCUT2D eigenvalue weighted by Gasteiger charge is 2.16. The molecule has 2 aromatic rings. The van der Waals surface area contributed by atoms with Gasteiger partial charge in [-0.15, -0.1) is 11.3 Å². The van der Waals surface area contributed by atoms with Gasteiger partial charge in [0.05, 0.1) is 4.53 Å². The zero-order valence-corrected chi connectivity index (χ0v) is 14.4. The average molecular weight is 356 g/mol. The average Bonchev–Trinajstić information content (AvgIpc) is 2.89. The molecule has 1 heterocycles. The minimum Gasteiger partial charge on any atom is -0.508 e. The summed E-state index contributed by atoms with van der Waals surface area (Å²) in [5, 5.41) is 18.9. The fourth-order valence-corrected chi connectivity index (χ4v) is 3.30. The molecule has 25 heavy (non-hydrogen) atoms. The largest absolute Gasteiger partial charge is 0.508 e. The van der Waals surface area contributed by atoms with E-state index in [0.29, 0.717) is 16.6 Å². The molecule has 2 rings (SSSR count). The van der Waals surface area contributed by atoms with Crippen LogP contribution < -0.4 is 14.8 Å². The van der Waals surface area contributed by atoms with Gasteiger partial charge in [-0.2, -0.15) is 5.26 Å². The van der Waals surface area contributed by atoms with Crippen LogP contribution in [0.5, 0.6) is 5.75 Å². The summed E-state index contributed by atoms with van der Waals surface area (Å²) >= 11 is 1.03. The van der Waals surface area contributed by atoms with Crippen molar-refractivity contribution in [2.75, 3.05) is 6.61 Å². The van der Waals surface area contributed by atoms with Crippen molar-refractivity contribution >= 4 is 29.0 Å². The minimum absolute atomic E-state index is 0.0198. The van der Waals surface area contributed by atoms with Crippen molar-refractivity contribution in [3.63, 3.8) is 0 Å². The molecular weight excluding hydrogens is 340 g/mol. The van der Waals surface area contributed by atoms with E-state index < -0.39 is 5.97 Å². The Bertz CT molecular complexity index is 1020. The number of nitrogens with zero attached hydrogens (tertiary/aromatic N) is 2. The Hall–Kier alpha value is -3.11. The maximum Gasteiger partial charge on any atom is 0.352 e. The summed E-state index contributed by atoms with van der Waals surface area (Å²) in [5.74, 6) is -0.714. The number of esters is 1. The molecule has 0 unspecified atom stereocenters. The predicted molar refractivity (Wildman–Crippen MR) is 95.4 cm³/mol. The molecule has 0 atom stereocenters. The molecular formula is C18H16N2O4S. The topological polar surface area (TPSA) is 92.3 Å². The Balaban J connectivity index is 2.71. The quantitative estimate of drug-likeness (QED) is 0.634. The van der Waals surface area contributed by atoms with E-state index in [1.165, 1.54) is 22.8 Å². The smallest absolute Gasteiger partial charge is 0.352 e. The molecule has 0 aliphatic heterocycles. The number of aromatic nitrogens is 1. The maximum absolute atomic E-state index is 12.6. The maximum atomic E-state index is 12.6. The van der Waals surface area contributed by atoms with Crippen LogP contribution in [0, 0.1) is 11.3 Å². The lowest BCUT2D eigenvalue weighted by molar-refractivity contribution is -0.135. The molecule has 128 valence electrons. The van der Waals surface area contributed by atoms with Gasteiger partial charge in [0, 0.05) is 6.54 Å². The molecule has 0 amide bonds. The monoisotopic (exact) mass is 356 g/mol. The number of aromatic hydroxyl groups is 1. The third-order valence-electron chi connectivity index (χ3n) is 3.25. The first kappa shape index (κ1) is 18.2. The van der Waals surface area contributed by atoms with Gasteiger partial charge >= 0.3 is 5.97 Å². The molecule has 0 spiro atoms.